The standard InChI is InChI=1S/C18H20FN3/c1-12(20-2)9-10-21-18-14-5-3-4-6-16(14)22-17-8-7-13(19)11-15(17)18/h3-8,11-12,20H,9-10H2,1-2H3,(H,21,22). The molecule has 0 bridgehead atoms. The van der Waals surface area contributed by atoms with E-state index in [-0.39, 0.29) is 5.82 Å². The molecular formula is C18H20FN3. The van der Waals surface area contributed by atoms with Gasteiger partial charge < -0.3 is 10.6 Å². The lowest BCUT2D eigenvalue weighted by Gasteiger charge is -2.15. The van der Waals surface area contributed by atoms with Crippen molar-refractivity contribution in [3.8, 4) is 0 Å². The summed E-state index contributed by atoms with van der Waals surface area (Å²) in [5.74, 6) is -0.240. The Balaban J connectivity index is 2.07. The molecule has 1 atom stereocenters. The molecule has 1 aromatic heterocycles. The fraction of sp³-hybridized carbons (Fsp3) is 0.278. The Morgan fingerprint density at radius 2 is 1.86 bits per heavy atom. The van der Waals surface area contributed by atoms with Gasteiger partial charge in [0.15, 0.2) is 0 Å². The van der Waals surface area contributed by atoms with Gasteiger partial charge in [-0.2, -0.15) is 0 Å². The lowest BCUT2D eigenvalue weighted by atomic mass is 10.1. The van der Waals surface area contributed by atoms with Crippen LogP contribution in [-0.4, -0.2) is 24.6 Å². The molecule has 4 heteroatoms. The van der Waals surface area contributed by atoms with Gasteiger partial charge in [-0.1, -0.05) is 18.2 Å². The molecule has 3 nitrogen and oxygen atoms in total. The summed E-state index contributed by atoms with van der Waals surface area (Å²) in [6.45, 7) is 2.96. The molecular weight excluding hydrogens is 277 g/mol. The van der Waals surface area contributed by atoms with Gasteiger partial charge in [0.25, 0.3) is 0 Å². The van der Waals surface area contributed by atoms with E-state index in [0.29, 0.717) is 6.04 Å². The average Bonchev–Trinajstić information content (AvgIpc) is 2.54. The normalized spacial score (nSPS) is 12.7. The predicted octanol–water partition coefficient (Wildman–Crippen LogP) is 3.94. The van der Waals surface area contributed by atoms with Crippen LogP contribution in [0.25, 0.3) is 21.8 Å². The summed E-state index contributed by atoms with van der Waals surface area (Å²) in [5.41, 5.74) is 2.69. The first-order valence-electron chi connectivity index (χ1n) is 7.58. The third-order valence-corrected chi connectivity index (χ3v) is 4.01. The smallest absolute Gasteiger partial charge is 0.124 e. The van der Waals surface area contributed by atoms with E-state index in [1.807, 2.05) is 31.3 Å². The van der Waals surface area contributed by atoms with Crippen molar-refractivity contribution in [1.82, 2.24) is 10.3 Å². The molecule has 2 aromatic carbocycles. The summed E-state index contributed by atoms with van der Waals surface area (Å²) in [4.78, 5) is 4.62. The van der Waals surface area contributed by atoms with E-state index in [0.717, 1.165) is 40.5 Å². The van der Waals surface area contributed by atoms with Crippen LogP contribution in [0.3, 0.4) is 0 Å². The van der Waals surface area contributed by atoms with E-state index in [1.54, 1.807) is 12.1 Å². The molecule has 0 radical (unpaired) electrons. The van der Waals surface area contributed by atoms with Crippen molar-refractivity contribution in [2.24, 2.45) is 0 Å². The molecule has 0 amide bonds. The second-order valence-corrected chi connectivity index (χ2v) is 5.57. The summed E-state index contributed by atoms with van der Waals surface area (Å²) >= 11 is 0. The van der Waals surface area contributed by atoms with Gasteiger partial charge in [-0.15, -0.1) is 0 Å². The van der Waals surface area contributed by atoms with Crippen LogP contribution in [0.15, 0.2) is 42.5 Å². The van der Waals surface area contributed by atoms with Crippen LogP contribution < -0.4 is 10.6 Å². The summed E-state index contributed by atoms with van der Waals surface area (Å²) in [7, 11) is 1.96. The molecule has 0 spiro atoms. The summed E-state index contributed by atoms with van der Waals surface area (Å²) in [6.07, 6.45) is 0.990. The molecule has 0 aliphatic heterocycles. The third kappa shape index (κ3) is 2.88. The highest BCUT2D eigenvalue weighted by Crippen LogP contribution is 2.31. The highest BCUT2D eigenvalue weighted by molar-refractivity contribution is 6.07. The molecule has 1 heterocycles. The zero-order valence-electron chi connectivity index (χ0n) is 12.9. The molecule has 0 fully saturated rings. The van der Waals surface area contributed by atoms with E-state index in [1.165, 1.54) is 6.07 Å². The van der Waals surface area contributed by atoms with Crippen molar-refractivity contribution in [2.45, 2.75) is 19.4 Å². The van der Waals surface area contributed by atoms with Gasteiger partial charge in [-0.3, -0.25) is 0 Å². The van der Waals surface area contributed by atoms with E-state index >= 15 is 0 Å². The number of hydrogen-bond acceptors (Lipinski definition) is 3. The largest absolute Gasteiger partial charge is 0.384 e. The molecule has 1 unspecified atom stereocenters. The Hall–Kier alpha value is -2.20. The fourth-order valence-electron chi connectivity index (χ4n) is 2.61. The fourth-order valence-corrected chi connectivity index (χ4v) is 2.61. The Morgan fingerprint density at radius 3 is 2.68 bits per heavy atom. The molecule has 0 aliphatic carbocycles. The molecule has 0 aliphatic rings. The minimum Gasteiger partial charge on any atom is -0.384 e. The lowest BCUT2D eigenvalue weighted by Crippen LogP contribution is -2.24. The molecule has 114 valence electrons. The van der Waals surface area contributed by atoms with Crippen molar-refractivity contribution >= 4 is 27.5 Å². The van der Waals surface area contributed by atoms with Crippen LogP contribution in [0.2, 0.25) is 0 Å². The average molecular weight is 297 g/mol. The zero-order valence-corrected chi connectivity index (χ0v) is 12.9. The SMILES string of the molecule is CNC(C)CCNc1c2ccccc2nc2ccc(F)cc12. The second kappa shape index (κ2) is 6.28. The summed E-state index contributed by atoms with van der Waals surface area (Å²) in [6, 6.07) is 13.1. The van der Waals surface area contributed by atoms with Gasteiger partial charge >= 0.3 is 0 Å². The van der Waals surface area contributed by atoms with Gasteiger partial charge in [0.05, 0.1) is 16.7 Å². The van der Waals surface area contributed by atoms with E-state index < -0.39 is 0 Å². The summed E-state index contributed by atoms with van der Waals surface area (Å²) in [5, 5.41) is 8.55. The second-order valence-electron chi connectivity index (χ2n) is 5.57. The number of fused-ring (bicyclic) bond motifs is 2. The van der Waals surface area contributed by atoms with Gasteiger partial charge in [0.1, 0.15) is 5.82 Å². The molecule has 22 heavy (non-hydrogen) atoms. The van der Waals surface area contributed by atoms with Crippen LogP contribution >= 0.6 is 0 Å². The van der Waals surface area contributed by atoms with Crippen LogP contribution in [0.5, 0.6) is 0 Å². The van der Waals surface area contributed by atoms with Gasteiger partial charge in [-0.25, -0.2) is 9.37 Å². The van der Waals surface area contributed by atoms with Crippen molar-refractivity contribution in [3.63, 3.8) is 0 Å². The Bertz CT molecular complexity index is 801. The van der Waals surface area contributed by atoms with Crippen molar-refractivity contribution in [3.05, 3.63) is 48.3 Å². The number of nitrogens with zero attached hydrogens (tertiary/aromatic N) is 1. The first-order chi connectivity index (χ1) is 10.7. The minimum atomic E-state index is -0.240. The number of pyridine rings is 1. The molecule has 3 rings (SSSR count). The zero-order chi connectivity index (χ0) is 15.5. The first kappa shape index (κ1) is 14.7. The molecule has 2 N–H and O–H groups in total. The third-order valence-electron chi connectivity index (χ3n) is 4.01. The quantitative estimate of drug-likeness (QED) is 0.700. The van der Waals surface area contributed by atoms with Gasteiger partial charge in [0, 0.05) is 23.4 Å². The molecule has 0 saturated heterocycles. The maximum absolute atomic E-state index is 13.7. The Kier molecular flexibility index (Phi) is 4.20. The molecule has 3 aromatic rings. The maximum Gasteiger partial charge on any atom is 0.124 e. The van der Waals surface area contributed by atoms with Crippen molar-refractivity contribution in [2.75, 3.05) is 18.9 Å². The predicted molar refractivity (Wildman–Crippen MR) is 90.8 cm³/mol. The summed E-state index contributed by atoms with van der Waals surface area (Å²) < 4.78 is 13.7. The van der Waals surface area contributed by atoms with Gasteiger partial charge in [-0.05, 0) is 44.7 Å². The molecule has 0 saturated carbocycles. The first-order valence-corrected chi connectivity index (χ1v) is 7.58. The number of para-hydroxylation sites is 1. The number of aromatic nitrogens is 1. The minimum absolute atomic E-state index is 0.240. The van der Waals surface area contributed by atoms with E-state index in [4.69, 9.17) is 0 Å². The van der Waals surface area contributed by atoms with E-state index in [2.05, 4.69) is 22.5 Å². The highest BCUT2D eigenvalue weighted by Gasteiger charge is 2.10. The highest BCUT2D eigenvalue weighted by atomic mass is 19.1. The lowest BCUT2D eigenvalue weighted by molar-refractivity contribution is 0.580. The number of rotatable bonds is 5. The van der Waals surface area contributed by atoms with Crippen LogP contribution in [0.4, 0.5) is 10.1 Å². The van der Waals surface area contributed by atoms with Crippen LogP contribution in [-0.2, 0) is 0 Å². The van der Waals surface area contributed by atoms with Crippen molar-refractivity contribution in [1.29, 1.82) is 0 Å². The van der Waals surface area contributed by atoms with E-state index in [9.17, 15) is 4.39 Å². The van der Waals surface area contributed by atoms with Crippen LogP contribution in [0, 0.1) is 5.82 Å². The number of hydrogen-bond donors (Lipinski definition) is 2. The number of nitrogens with one attached hydrogen (secondary N) is 2. The number of halogens is 1. The number of benzene rings is 2. The van der Waals surface area contributed by atoms with Crippen molar-refractivity contribution < 1.29 is 4.39 Å². The maximum atomic E-state index is 13.7. The Morgan fingerprint density at radius 1 is 1.09 bits per heavy atom. The topological polar surface area (TPSA) is 37.0 Å². The van der Waals surface area contributed by atoms with Crippen LogP contribution in [0.1, 0.15) is 13.3 Å². The number of anilines is 1. The van der Waals surface area contributed by atoms with Gasteiger partial charge in [0.2, 0.25) is 0 Å². The Labute approximate surface area is 129 Å². The monoisotopic (exact) mass is 297 g/mol.